The number of nitrogens with zero attached hydrogens (tertiary/aromatic N) is 4. The highest BCUT2D eigenvalue weighted by Crippen LogP contribution is 2.34. The van der Waals surface area contributed by atoms with Gasteiger partial charge in [0.15, 0.2) is 11.5 Å². The van der Waals surface area contributed by atoms with E-state index in [4.69, 9.17) is 9.47 Å². The molecule has 4 rings (SSSR count). The van der Waals surface area contributed by atoms with Gasteiger partial charge < -0.3 is 19.3 Å². The summed E-state index contributed by atoms with van der Waals surface area (Å²) in [6.07, 6.45) is 4.94. The van der Waals surface area contributed by atoms with Gasteiger partial charge in [0.2, 0.25) is 0 Å². The van der Waals surface area contributed by atoms with E-state index in [0.717, 1.165) is 31.2 Å². The lowest BCUT2D eigenvalue weighted by molar-refractivity contribution is 0.0990. The minimum atomic E-state index is -0.117. The molecular weight excluding hydrogens is 432 g/mol. The van der Waals surface area contributed by atoms with E-state index in [1.807, 2.05) is 42.3 Å². The van der Waals surface area contributed by atoms with Gasteiger partial charge in [0.25, 0.3) is 5.56 Å². The number of aromatic nitrogens is 2. The summed E-state index contributed by atoms with van der Waals surface area (Å²) < 4.78 is 13.5. The fourth-order valence-electron chi connectivity index (χ4n) is 4.51. The van der Waals surface area contributed by atoms with Gasteiger partial charge in [-0.2, -0.15) is 0 Å². The lowest BCUT2D eigenvalue weighted by Crippen LogP contribution is -2.45. The van der Waals surface area contributed by atoms with E-state index in [1.165, 1.54) is 0 Å². The molecule has 1 aromatic heterocycles. The minimum Gasteiger partial charge on any atom is -0.493 e. The maximum absolute atomic E-state index is 13.2. The van der Waals surface area contributed by atoms with E-state index in [0.29, 0.717) is 28.9 Å². The van der Waals surface area contributed by atoms with E-state index >= 15 is 0 Å². The molecule has 2 aromatic carbocycles. The molecule has 1 fully saturated rings. The Morgan fingerprint density at radius 1 is 1.06 bits per heavy atom. The number of methoxy groups -OCH3 is 1. The molecule has 3 aromatic rings. The first kappa shape index (κ1) is 23.6. The highest BCUT2D eigenvalue weighted by atomic mass is 16.5. The monoisotopic (exact) mass is 464 g/mol. The molecular formula is C26H32N4O4. The van der Waals surface area contributed by atoms with Crippen molar-refractivity contribution in [1.29, 1.82) is 0 Å². The van der Waals surface area contributed by atoms with Crippen molar-refractivity contribution in [2.24, 2.45) is 0 Å². The number of carbonyl (C=O) groups is 1. The standard InChI is InChI=1S/C26H32N4O4/c1-28(2)26(32)29(3)19-10-12-20(13-11-19)34-24-14-21-22(15-23(24)33-4)27-17-30(25(21)31)16-18-8-6-5-7-9-18/h5-9,14-15,17,19-20H,10-13,16H2,1-4H3. The van der Waals surface area contributed by atoms with Crippen LogP contribution in [0.5, 0.6) is 11.5 Å². The molecule has 1 heterocycles. The second kappa shape index (κ2) is 10.2. The fourth-order valence-corrected chi connectivity index (χ4v) is 4.51. The summed E-state index contributed by atoms with van der Waals surface area (Å²) in [7, 11) is 6.97. The highest BCUT2D eigenvalue weighted by molar-refractivity contribution is 5.81. The molecule has 180 valence electrons. The number of rotatable bonds is 6. The number of carbonyl (C=O) groups excluding carboxylic acids is 1. The van der Waals surface area contributed by atoms with Gasteiger partial charge in [-0.25, -0.2) is 9.78 Å². The summed E-state index contributed by atoms with van der Waals surface area (Å²) >= 11 is 0. The predicted octanol–water partition coefficient (Wildman–Crippen LogP) is 3.76. The van der Waals surface area contributed by atoms with Gasteiger partial charge in [0.05, 0.1) is 37.0 Å². The van der Waals surface area contributed by atoms with E-state index in [-0.39, 0.29) is 23.7 Å². The predicted molar refractivity (Wildman–Crippen MR) is 132 cm³/mol. The molecule has 0 aliphatic heterocycles. The maximum atomic E-state index is 13.2. The molecule has 1 aliphatic carbocycles. The number of hydrogen-bond acceptors (Lipinski definition) is 5. The molecule has 34 heavy (non-hydrogen) atoms. The number of urea groups is 1. The van der Waals surface area contributed by atoms with Crippen molar-refractivity contribution in [1.82, 2.24) is 19.4 Å². The first-order valence-corrected chi connectivity index (χ1v) is 11.6. The van der Waals surface area contributed by atoms with Crippen molar-refractivity contribution in [3.63, 3.8) is 0 Å². The first-order chi connectivity index (χ1) is 16.4. The summed E-state index contributed by atoms with van der Waals surface area (Å²) in [5.74, 6) is 1.11. The molecule has 8 nitrogen and oxygen atoms in total. The Morgan fingerprint density at radius 3 is 2.41 bits per heavy atom. The third kappa shape index (κ3) is 5.00. The van der Waals surface area contributed by atoms with Gasteiger partial charge in [-0.1, -0.05) is 30.3 Å². The second-order valence-electron chi connectivity index (χ2n) is 9.02. The Morgan fingerprint density at radius 2 is 1.76 bits per heavy atom. The molecule has 0 atom stereocenters. The van der Waals surface area contributed by atoms with Crippen LogP contribution in [-0.2, 0) is 6.54 Å². The topological polar surface area (TPSA) is 76.9 Å². The second-order valence-corrected chi connectivity index (χ2v) is 9.02. The maximum Gasteiger partial charge on any atom is 0.319 e. The normalized spacial score (nSPS) is 17.9. The Bertz CT molecular complexity index is 1200. The van der Waals surface area contributed by atoms with Crippen LogP contribution in [0.25, 0.3) is 10.9 Å². The van der Waals surface area contributed by atoms with Crippen LogP contribution in [0.2, 0.25) is 0 Å². The van der Waals surface area contributed by atoms with Crippen molar-refractivity contribution in [2.45, 2.75) is 44.4 Å². The van der Waals surface area contributed by atoms with Gasteiger partial charge in [-0.3, -0.25) is 9.36 Å². The van der Waals surface area contributed by atoms with Crippen LogP contribution >= 0.6 is 0 Å². The van der Waals surface area contributed by atoms with Gasteiger partial charge in [-0.05, 0) is 37.3 Å². The van der Waals surface area contributed by atoms with E-state index in [9.17, 15) is 9.59 Å². The van der Waals surface area contributed by atoms with Gasteiger partial charge in [-0.15, -0.1) is 0 Å². The zero-order valence-electron chi connectivity index (χ0n) is 20.2. The number of ether oxygens (including phenoxy) is 2. The molecule has 0 unspecified atom stereocenters. The molecule has 1 aliphatic rings. The molecule has 0 spiro atoms. The Kier molecular flexibility index (Phi) is 7.05. The molecule has 2 amide bonds. The van der Waals surface area contributed by atoms with Crippen LogP contribution in [0.4, 0.5) is 4.79 Å². The average Bonchev–Trinajstić information content (AvgIpc) is 2.86. The van der Waals surface area contributed by atoms with Gasteiger partial charge in [0, 0.05) is 33.3 Å². The van der Waals surface area contributed by atoms with E-state index < -0.39 is 0 Å². The first-order valence-electron chi connectivity index (χ1n) is 11.6. The number of benzene rings is 2. The zero-order chi connectivity index (χ0) is 24.2. The number of fused-ring (bicyclic) bond motifs is 1. The fraction of sp³-hybridized carbons (Fsp3) is 0.423. The summed E-state index contributed by atoms with van der Waals surface area (Å²) in [6, 6.07) is 13.5. The molecule has 0 saturated heterocycles. The molecule has 1 saturated carbocycles. The zero-order valence-corrected chi connectivity index (χ0v) is 20.2. The smallest absolute Gasteiger partial charge is 0.319 e. The molecule has 0 bridgehead atoms. The van der Waals surface area contributed by atoms with Gasteiger partial charge >= 0.3 is 6.03 Å². The summed E-state index contributed by atoms with van der Waals surface area (Å²) in [4.78, 5) is 33.4. The van der Waals surface area contributed by atoms with Crippen LogP contribution < -0.4 is 15.0 Å². The van der Waals surface area contributed by atoms with Crippen molar-refractivity contribution in [3.05, 3.63) is 64.7 Å². The Balaban J connectivity index is 1.52. The van der Waals surface area contributed by atoms with Crippen LogP contribution in [0.1, 0.15) is 31.2 Å². The Hall–Kier alpha value is -3.55. The number of hydrogen-bond donors (Lipinski definition) is 0. The summed E-state index contributed by atoms with van der Waals surface area (Å²) in [5, 5.41) is 0.499. The van der Waals surface area contributed by atoms with Crippen molar-refractivity contribution < 1.29 is 14.3 Å². The third-order valence-electron chi connectivity index (χ3n) is 6.47. The average molecular weight is 465 g/mol. The third-order valence-corrected chi connectivity index (χ3v) is 6.47. The summed E-state index contributed by atoms with van der Waals surface area (Å²) in [6.45, 7) is 0.452. The van der Waals surface area contributed by atoms with Crippen LogP contribution in [0.15, 0.2) is 53.6 Å². The summed E-state index contributed by atoms with van der Waals surface area (Å²) in [5.41, 5.74) is 1.49. The van der Waals surface area contributed by atoms with Crippen molar-refractivity contribution in [3.8, 4) is 11.5 Å². The van der Waals surface area contributed by atoms with Crippen molar-refractivity contribution in [2.75, 3.05) is 28.3 Å². The van der Waals surface area contributed by atoms with Crippen LogP contribution in [-0.4, -0.2) is 65.8 Å². The minimum absolute atomic E-state index is 0.00586. The number of amides is 2. The van der Waals surface area contributed by atoms with E-state index in [1.54, 1.807) is 49.1 Å². The van der Waals surface area contributed by atoms with Crippen LogP contribution in [0.3, 0.4) is 0 Å². The molecule has 0 radical (unpaired) electrons. The Labute approximate surface area is 199 Å². The SMILES string of the molecule is COc1cc2ncn(Cc3ccccc3)c(=O)c2cc1OC1CCC(N(C)C(=O)N(C)C)CC1. The molecule has 8 heteroatoms. The molecule has 0 N–H and O–H groups in total. The van der Waals surface area contributed by atoms with Crippen molar-refractivity contribution >= 4 is 16.9 Å². The van der Waals surface area contributed by atoms with E-state index in [2.05, 4.69) is 4.98 Å². The quantitative estimate of drug-likeness (QED) is 0.555. The lowest BCUT2D eigenvalue weighted by Gasteiger charge is -2.36. The largest absolute Gasteiger partial charge is 0.493 e. The van der Waals surface area contributed by atoms with Crippen LogP contribution in [0, 0.1) is 0 Å². The highest BCUT2D eigenvalue weighted by Gasteiger charge is 2.28. The lowest BCUT2D eigenvalue weighted by atomic mass is 9.92. The van der Waals surface area contributed by atoms with Gasteiger partial charge in [0.1, 0.15) is 0 Å².